The molecule has 18 heavy (non-hydrogen) atoms. The minimum atomic E-state index is -0.335. The number of rotatable bonds is 6. The number of nitrogens with zero attached hydrogens (tertiary/aromatic N) is 2. The first kappa shape index (κ1) is 15.3. The molecular weight excluding hydrogens is 316 g/mol. The minimum absolute atomic E-state index is 0.142. The van der Waals surface area contributed by atoms with Crippen LogP contribution in [0.2, 0.25) is 0 Å². The lowest BCUT2D eigenvalue weighted by atomic mass is 10.2. The van der Waals surface area contributed by atoms with E-state index in [1.807, 2.05) is 18.0 Å². The second-order valence-corrected chi connectivity index (χ2v) is 6.03. The van der Waals surface area contributed by atoms with Gasteiger partial charge in [-0.1, -0.05) is 15.9 Å². The van der Waals surface area contributed by atoms with Crippen LogP contribution in [0.1, 0.15) is 13.3 Å². The Hall–Kier alpha value is -0.750. The van der Waals surface area contributed by atoms with Crippen LogP contribution in [0.4, 0.5) is 11.4 Å². The zero-order chi connectivity index (χ0) is 13.7. The number of benzene rings is 1. The standard InChI is InChI=1S/C12H17BrN2O2S/c1-9(6-7-18-3)14(2)11-5-4-10(13)8-12(11)15(16)17/h4-5,8-9H,6-7H2,1-3H3. The van der Waals surface area contributed by atoms with Gasteiger partial charge in [-0.15, -0.1) is 0 Å². The summed E-state index contributed by atoms with van der Waals surface area (Å²) in [6.45, 7) is 2.09. The predicted molar refractivity (Wildman–Crippen MR) is 81.7 cm³/mol. The summed E-state index contributed by atoms with van der Waals surface area (Å²) in [5.74, 6) is 1.05. The monoisotopic (exact) mass is 332 g/mol. The maximum absolute atomic E-state index is 11.1. The SMILES string of the molecule is CSCCC(C)N(C)c1ccc(Br)cc1[N+](=O)[O-]. The van der Waals surface area contributed by atoms with Gasteiger partial charge < -0.3 is 4.90 Å². The van der Waals surface area contributed by atoms with Crippen molar-refractivity contribution in [3.05, 3.63) is 32.8 Å². The smallest absolute Gasteiger partial charge is 0.293 e. The number of hydrogen-bond donors (Lipinski definition) is 0. The number of thioether (sulfide) groups is 1. The molecule has 0 heterocycles. The van der Waals surface area contributed by atoms with Gasteiger partial charge in [0.25, 0.3) is 5.69 Å². The average Bonchev–Trinajstić information content (AvgIpc) is 2.34. The molecule has 6 heteroatoms. The van der Waals surface area contributed by atoms with Crippen LogP contribution in [-0.2, 0) is 0 Å². The Bertz CT molecular complexity index is 429. The van der Waals surface area contributed by atoms with E-state index in [1.165, 1.54) is 0 Å². The van der Waals surface area contributed by atoms with Crippen LogP contribution in [-0.4, -0.2) is 30.0 Å². The molecule has 1 atom stereocenters. The lowest BCUT2D eigenvalue weighted by molar-refractivity contribution is -0.384. The number of nitro benzene ring substituents is 1. The van der Waals surface area contributed by atoms with E-state index in [4.69, 9.17) is 0 Å². The second-order valence-electron chi connectivity index (χ2n) is 4.13. The van der Waals surface area contributed by atoms with Crippen LogP contribution >= 0.6 is 27.7 Å². The summed E-state index contributed by atoms with van der Waals surface area (Å²) in [5, 5.41) is 11.1. The molecule has 1 aromatic carbocycles. The highest BCUT2D eigenvalue weighted by Gasteiger charge is 2.20. The number of nitro groups is 1. The van der Waals surface area contributed by atoms with Crippen LogP contribution in [0.5, 0.6) is 0 Å². The maximum atomic E-state index is 11.1. The van der Waals surface area contributed by atoms with Crippen molar-refractivity contribution >= 4 is 39.1 Å². The van der Waals surface area contributed by atoms with Gasteiger partial charge in [0.2, 0.25) is 0 Å². The molecule has 0 saturated heterocycles. The molecule has 1 rings (SSSR count). The van der Waals surface area contributed by atoms with E-state index >= 15 is 0 Å². The molecule has 0 bridgehead atoms. The summed E-state index contributed by atoms with van der Waals surface area (Å²) >= 11 is 5.05. The summed E-state index contributed by atoms with van der Waals surface area (Å²) < 4.78 is 0.725. The van der Waals surface area contributed by atoms with E-state index in [9.17, 15) is 10.1 Å². The van der Waals surface area contributed by atoms with Gasteiger partial charge in [0.05, 0.1) is 4.92 Å². The molecule has 1 aromatic rings. The summed E-state index contributed by atoms with van der Waals surface area (Å²) in [7, 11) is 1.90. The molecule has 0 aliphatic rings. The molecule has 0 aliphatic carbocycles. The van der Waals surface area contributed by atoms with Gasteiger partial charge >= 0.3 is 0 Å². The van der Waals surface area contributed by atoms with Gasteiger partial charge in [-0.2, -0.15) is 11.8 Å². The fourth-order valence-corrected chi connectivity index (χ4v) is 2.59. The highest BCUT2D eigenvalue weighted by molar-refractivity contribution is 9.10. The third-order valence-electron chi connectivity index (χ3n) is 2.92. The third-order valence-corrected chi connectivity index (χ3v) is 4.05. The highest BCUT2D eigenvalue weighted by atomic mass is 79.9. The predicted octanol–water partition coefficient (Wildman–Crippen LogP) is 3.94. The van der Waals surface area contributed by atoms with Crippen molar-refractivity contribution in [1.82, 2.24) is 0 Å². The maximum Gasteiger partial charge on any atom is 0.293 e. The van der Waals surface area contributed by atoms with Gasteiger partial charge in [0, 0.05) is 23.6 Å². The number of anilines is 1. The Morgan fingerprint density at radius 3 is 2.78 bits per heavy atom. The summed E-state index contributed by atoms with van der Waals surface area (Å²) in [6, 6.07) is 5.45. The molecule has 0 aliphatic heterocycles. The van der Waals surface area contributed by atoms with Crippen molar-refractivity contribution in [2.45, 2.75) is 19.4 Å². The van der Waals surface area contributed by atoms with Gasteiger partial charge in [-0.05, 0) is 37.5 Å². The molecule has 0 radical (unpaired) electrons. The van der Waals surface area contributed by atoms with Crippen LogP contribution in [0.25, 0.3) is 0 Å². The lowest BCUT2D eigenvalue weighted by Gasteiger charge is -2.26. The van der Waals surface area contributed by atoms with Crippen molar-refractivity contribution in [2.75, 3.05) is 24.0 Å². The largest absolute Gasteiger partial charge is 0.366 e. The van der Waals surface area contributed by atoms with Crippen LogP contribution in [0, 0.1) is 10.1 Å². The van der Waals surface area contributed by atoms with Crippen LogP contribution < -0.4 is 4.90 Å². The van der Waals surface area contributed by atoms with Gasteiger partial charge in [-0.25, -0.2) is 0 Å². The lowest BCUT2D eigenvalue weighted by Crippen LogP contribution is -2.29. The first-order valence-electron chi connectivity index (χ1n) is 5.63. The Kier molecular flexibility index (Phi) is 5.95. The van der Waals surface area contributed by atoms with E-state index in [2.05, 4.69) is 29.1 Å². The fraction of sp³-hybridized carbons (Fsp3) is 0.500. The second kappa shape index (κ2) is 6.99. The number of halogens is 1. The van der Waals surface area contributed by atoms with Crippen molar-refractivity contribution < 1.29 is 4.92 Å². The average molecular weight is 333 g/mol. The van der Waals surface area contributed by atoms with Crippen LogP contribution in [0.3, 0.4) is 0 Å². The number of hydrogen-bond acceptors (Lipinski definition) is 4. The van der Waals surface area contributed by atoms with E-state index in [-0.39, 0.29) is 16.7 Å². The topological polar surface area (TPSA) is 46.4 Å². The molecule has 0 amide bonds. The third kappa shape index (κ3) is 3.88. The molecule has 0 spiro atoms. The van der Waals surface area contributed by atoms with Gasteiger partial charge in [0.15, 0.2) is 0 Å². The molecule has 0 N–H and O–H groups in total. The van der Waals surface area contributed by atoms with Crippen LogP contribution in [0.15, 0.2) is 22.7 Å². The summed E-state index contributed by atoms with van der Waals surface area (Å²) in [4.78, 5) is 12.7. The van der Waals surface area contributed by atoms with E-state index in [0.717, 1.165) is 16.6 Å². The summed E-state index contributed by atoms with van der Waals surface area (Å²) in [5.41, 5.74) is 0.805. The Morgan fingerprint density at radius 1 is 1.56 bits per heavy atom. The van der Waals surface area contributed by atoms with E-state index in [0.29, 0.717) is 5.69 Å². The fourth-order valence-electron chi connectivity index (χ4n) is 1.66. The highest BCUT2D eigenvalue weighted by Crippen LogP contribution is 2.32. The Balaban J connectivity index is 2.97. The van der Waals surface area contributed by atoms with Crippen molar-refractivity contribution in [3.63, 3.8) is 0 Å². The minimum Gasteiger partial charge on any atom is -0.366 e. The van der Waals surface area contributed by atoms with Crippen molar-refractivity contribution in [1.29, 1.82) is 0 Å². The van der Waals surface area contributed by atoms with E-state index in [1.54, 1.807) is 23.9 Å². The van der Waals surface area contributed by atoms with E-state index < -0.39 is 0 Å². The molecular formula is C12H17BrN2O2S. The van der Waals surface area contributed by atoms with Crippen molar-refractivity contribution in [2.24, 2.45) is 0 Å². The molecule has 100 valence electrons. The molecule has 0 fully saturated rings. The molecule has 4 nitrogen and oxygen atoms in total. The summed E-state index contributed by atoms with van der Waals surface area (Å²) in [6.07, 6.45) is 3.07. The van der Waals surface area contributed by atoms with Gasteiger partial charge in [0.1, 0.15) is 5.69 Å². The zero-order valence-corrected chi connectivity index (χ0v) is 13.1. The molecule has 1 unspecified atom stereocenters. The Morgan fingerprint density at radius 2 is 2.22 bits per heavy atom. The molecule has 0 aromatic heterocycles. The molecule has 0 saturated carbocycles. The first-order valence-corrected chi connectivity index (χ1v) is 7.81. The van der Waals surface area contributed by atoms with Crippen molar-refractivity contribution in [3.8, 4) is 0 Å². The zero-order valence-electron chi connectivity index (χ0n) is 10.7. The first-order chi connectivity index (χ1) is 8.47. The Labute approximate surface area is 120 Å². The normalized spacial score (nSPS) is 12.2. The van der Waals surface area contributed by atoms with Gasteiger partial charge in [-0.3, -0.25) is 10.1 Å². The quantitative estimate of drug-likeness (QED) is 0.584.